The molecule has 1 aliphatic rings. The van der Waals surface area contributed by atoms with E-state index in [-0.39, 0.29) is 11.5 Å². The van der Waals surface area contributed by atoms with Crippen molar-refractivity contribution in [3.63, 3.8) is 0 Å². The lowest BCUT2D eigenvalue weighted by Crippen LogP contribution is -2.23. The predicted octanol–water partition coefficient (Wildman–Crippen LogP) is 6.00. The summed E-state index contributed by atoms with van der Waals surface area (Å²) < 4.78 is 8.44. The Morgan fingerprint density at radius 2 is 1.52 bits per heavy atom. The monoisotopic (exact) mass is 580 g/mol. The molecule has 0 bridgehead atoms. The molecular formula is C22H14I2O3. The first-order valence-corrected chi connectivity index (χ1v) is 10.4. The number of benzene rings is 3. The van der Waals surface area contributed by atoms with Gasteiger partial charge in [0.2, 0.25) is 0 Å². The highest BCUT2D eigenvalue weighted by molar-refractivity contribution is 14.1. The third kappa shape index (κ3) is 3.89. The van der Waals surface area contributed by atoms with E-state index < -0.39 is 6.10 Å². The lowest BCUT2D eigenvalue weighted by molar-refractivity contribution is 0.0963. The normalized spacial score (nSPS) is 17.5. The molecule has 0 spiro atoms. The number of ketones is 1. The second kappa shape index (κ2) is 7.63. The van der Waals surface area contributed by atoms with Gasteiger partial charge >= 0.3 is 0 Å². The van der Waals surface area contributed by atoms with Gasteiger partial charge in [0.15, 0.2) is 11.9 Å². The largest absolute Gasteiger partial charge is 0.508 e. The minimum atomic E-state index is -0.495. The molecule has 1 aliphatic heterocycles. The lowest BCUT2D eigenvalue weighted by atomic mass is 9.89. The number of hydrogen-bond donors (Lipinski definition) is 1. The Hall–Kier alpha value is -1.87. The van der Waals surface area contributed by atoms with Crippen molar-refractivity contribution in [1.82, 2.24) is 0 Å². The summed E-state index contributed by atoms with van der Waals surface area (Å²) in [5, 5.41) is 9.80. The Morgan fingerprint density at radius 3 is 2.19 bits per heavy atom. The van der Waals surface area contributed by atoms with Crippen LogP contribution < -0.4 is 4.74 Å². The summed E-state index contributed by atoms with van der Waals surface area (Å²) >= 11 is 4.50. The first-order chi connectivity index (χ1) is 13.0. The predicted molar refractivity (Wildman–Crippen MR) is 122 cm³/mol. The van der Waals surface area contributed by atoms with Crippen molar-refractivity contribution < 1.29 is 14.6 Å². The molecule has 0 aromatic heterocycles. The third-order valence-electron chi connectivity index (χ3n) is 4.36. The first-order valence-electron chi connectivity index (χ1n) is 8.28. The topological polar surface area (TPSA) is 46.5 Å². The smallest absolute Gasteiger partial charge is 0.196 e. The van der Waals surface area contributed by atoms with E-state index in [0.717, 1.165) is 18.3 Å². The number of hydrogen-bond acceptors (Lipinski definition) is 3. The van der Waals surface area contributed by atoms with Crippen molar-refractivity contribution in [3.8, 4) is 11.5 Å². The standard InChI is InChI=1S/C22H14I2O3/c23-15-5-1-13(2-6-15)11-19-21(26)18-12-17(25)9-10-20(18)27-22(19)14-3-7-16(24)8-4-14/h1-12,22,25H. The van der Waals surface area contributed by atoms with E-state index in [9.17, 15) is 9.90 Å². The molecule has 0 aliphatic carbocycles. The number of carbonyl (C=O) groups excluding carboxylic acids is 1. The van der Waals surface area contributed by atoms with Gasteiger partial charge in [-0.1, -0.05) is 24.3 Å². The zero-order valence-corrected chi connectivity index (χ0v) is 18.3. The average molecular weight is 580 g/mol. The van der Waals surface area contributed by atoms with Crippen LogP contribution in [0.25, 0.3) is 6.08 Å². The summed E-state index contributed by atoms with van der Waals surface area (Å²) in [5.41, 5.74) is 2.78. The highest BCUT2D eigenvalue weighted by Gasteiger charge is 2.33. The molecule has 0 saturated carbocycles. The lowest BCUT2D eigenvalue weighted by Gasteiger charge is -2.28. The zero-order chi connectivity index (χ0) is 19.0. The molecule has 0 fully saturated rings. The van der Waals surface area contributed by atoms with E-state index in [1.807, 2.05) is 54.6 Å². The van der Waals surface area contributed by atoms with E-state index in [1.54, 1.807) is 6.07 Å². The summed E-state index contributed by atoms with van der Waals surface area (Å²) in [6, 6.07) is 20.5. The number of halogens is 2. The molecule has 4 rings (SSSR count). The highest BCUT2D eigenvalue weighted by atomic mass is 127. The number of carbonyl (C=O) groups is 1. The molecule has 1 N–H and O–H groups in total. The van der Waals surface area contributed by atoms with Crippen LogP contribution in [0.1, 0.15) is 27.6 Å². The number of Topliss-reactive ketones (excluding diaryl/α,β-unsaturated/α-hetero) is 1. The van der Waals surface area contributed by atoms with Gasteiger partial charge in [-0.05, 0) is 105 Å². The van der Waals surface area contributed by atoms with Gasteiger partial charge in [-0.15, -0.1) is 0 Å². The van der Waals surface area contributed by atoms with Crippen molar-refractivity contribution in [2.75, 3.05) is 0 Å². The molecule has 134 valence electrons. The van der Waals surface area contributed by atoms with E-state index in [0.29, 0.717) is 16.9 Å². The number of phenolic OH excluding ortho intramolecular Hbond substituents is 1. The Kier molecular flexibility index (Phi) is 5.23. The number of rotatable bonds is 2. The van der Waals surface area contributed by atoms with E-state index in [1.165, 1.54) is 12.1 Å². The molecule has 3 aromatic carbocycles. The fourth-order valence-electron chi connectivity index (χ4n) is 3.03. The molecule has 1 heterocycles. The Balaban J connectivity index is 1.85. The maximum atomic E-state index is 13.2. The van der Waals surface area contributed by atoms with Gasteiger partial charge < -0.3 is 9.84 Å². The van der Waals surface area contributed by atoms with Crippen molar-refractivity contribution in [2.45, 2.75) is 6.10 Å². The van der Waals surface area contributed by atoms with Gasteiger partial charge in [0.05, 0.1) is 5.56 Å². The quantitative estimate of drug-likeness (QED) is 0.299. The molecule has 27 heavy (non-hydrogen) atoms. The van der Waals surface area contributed by atoms with Gasteiger partial charge in [0.1, 0.15) is 11.5 Å². The summed E-state index contributed by atoms with van der Waals surface area (Å²) in [4.78, 5) is 13.2. The maximum Gasteiger partial charge on any atom is 0.196 e. The van der Waals surface area contributed by atoms with Crippen LogP contribution in [0, 0.1) is 7.14 Å². The number of fused-ring (bicyclic) bond motifs is 1. The maximum absolute atomic E-state index is 13.2. The van der Waals surface area contributed by atoms with Crippen LogP contribution in [-0.4, -0.2) is 10.9 Å². The molecule has 5 heteroatoms. The molecule has 3 aromatic rings. The van der Waals surface area contributed by atoms with E-state index in [2.05, 4.69) is 45.2 Å². The Labute approximate surface area is 184 Å². The van der Waals surface area contributed by atoms with Crippen LogP contribution in [0.5, 0.6) is 11.5 Å². The summed E-state index contributed by atoms with van der Waals surface area (Å²) in [7, 11) is 0. The fourth-order valence-corrected chi connectivity index (χ4v) is 3.75. The van der Waals surface area contributed by atoms with E-state index >= 15 is 0 Å². The van der Waals surface area contributed by atoms with Gasteiger partial charge in [0, 0.05) is 12.7 Å². The Morgan fingerprint density at radius 1 is 0.889 bits per heavy atom. The van der Waals surface area contributed by atoms with Crippen molar-refractivity contribution in [1.29, 1.82) is 0 Å². The minimum absolute atomic E-state index is 0.0482. The van der Waals surface area contributed by atoms with Gasteiger partial charge in [-0.3, -0.25) is 4.79 Å². The van der Waals surface area contributed by atoms with Gasteiger partial charge in [-0.2, -0.15) is 0 Å². The van der Waals surface area contributed by atoms with E-state index in [4.69, 9.17) is 4.74 Å². The van der Waals surface area contributed by atoms with Crippen LogP contribution in [0.2, 0.25) is 0 Å². The van der Waals surface area contributed by atoms with Crippen LogP contribution in [0.3, 0.4) is 0 Å². The second-order valence-electron chi connectivity index (χ2n) is 6.21. The molecule has 3 nitrogen and oxygen atoms in total. The average Bonchev–Trinajstić information content (AvgIpc) is 2.67. The van der Waals surface area contributed by atoms with Gasteiger partial charge in [0.25, 0.3) is 0 Å². The molecular weight excluding hydrogens is 566 g/mol. The Bertz CT molecular complexity index is 1040. The SMILES string of the molecule is O=C1C(=Cc2ccc(I)cc2)C(c2ccc(I)cc2)Oc2ccc(O)cc21. The fraction of sp³-hybridized carbons (Fsp3) is 0.0455. The second-order valence-corrected chi connectivity index (χ2v) is 8.70. The number of ether oxygens (including phenoxy) is 1. The van der Waals surface area contributed by atoms with Crippen molar-refractivity contribution in [3.05, 3.63) is 96.1 Å². The molecule has 0 radical (unpaired) electrons. The molecule has 0 saturated heterocycles. The summed E-state index contributed by atoms with van der Waals surface area (Å²) in [5.74, 6) is 0.405. The highest BCUT2D eigenvalue weighted by Crippen LogP contribution is 2.40. The zero-order valence-electron chi connectivity index (χ0n) is 14.0. The molecule has 1 unspecified atom stereocenters. The molecule has 1 atom stereocenters. The van der Waals surface area contributed by atoms with Crippen molar-refractivity contribution >= 4 is 57.0 Å². The minimum Gasteiger partial charge on any atom is -0.508 e. The van der Waals surface area contributed by atoms with Crippen LogP contribution >= 0.6 is 45.2 Å². The summed E-state index contributed by atoms with van der Waals surface area (Å²) in [6.07, 6.45) is 1.37. The first kappa shape index (κ1) is 18.5. The number of aromatic hydroxyl groups is 1. The van der Waals surface area contributed by atoms with Crippen LogP contribution in [-0.2, 0) is 0 Å². The molecule has 0 amide bonds. The third-order valence-corrected chi connectivity index (χ3v) is 5.80. The van der Waals surface area contributed by atoms with Crippen LogP contribution in [0.4, 0.5) is 0 Å². The number of phenols is 1. The van der Waals surface area contributed by atoms with Crippen molar-refractivity contribution in [2.24, 2.45) is 0 Å². The van der Waals surface area contributed by atoms with Gasteiger partial charge in [-0.25, -0.2) is 0 Å². The van der Waals surface area contributed by atoms with Crippen LogP contribution in [0.15, 0.2) is 72.3 Å². The summed E-state index contributed by atoms with van der Waals surface area (Å²) in [6.45, 7) is 0.